The first-order valence-corrected chi connectivity index (χ1v) is 8.07. The van der Waals surface area contributed by atoms with Gasteiger partial charge in [0, 0.05) is 39.1 Å². The van der Waals surface area contributed by atoms with Crippen molar-refractivity contribution in [1.29, 1.82) is 0 Å². The van der Waals surface area contributed by atoms with E-state index in [4.69, 9.17) is 9.47 Å². The van der Waals surface area contributed by atoms with Gasteiger partial charge >= 0.3 is 0 Å². The lowest BCUT2D eigenvalue weighted by Crippen LogP contribution is -2.44. The molecule has 1 atom stereocenters. The van der Waals surface area contributed by atoms with Crippen LogP contribution in [0.1, 0.15) is 18.1 Å². The highest BCUT2D eigenvalue weighted by Gasteiger charge is 2.23. The molecule has 2 aliphatic rings. The minimum atomic E-state index is 0.119. The molecule has 2 fully saturated rings. The van der Waals surface area contributed by atoms with E-state index in [-0.39, 0.29) is 12.0 Å². The molecule has 2 aliphatic heterocycles. The Morgan fingerprint density at radius 3 is 2.64 bits per heavy atom. The Morgan fingerprint density at radius 1 is 1.09 bits per heavy atom. The topological polar surface area (TPSA) is 42.0 Å². The largest absolute Gasteiger partial charge is 0.378 e. The van der Waals surface area contributed by atoms with Crippen LogP contribution in [0.4, 0.5) is 0 Å². The van der Waals surface area contributed by atoms with E-state index in [0.29, 0.717) is 19.6 Å². The minimum Gasteiger partial charge on any atom is -0.378 e. The van der Waals surface area contributed by atoms with Gasteiger partial charge in [-0.15, -0.1) is 0 Å². The van der Waals surface area contributed by atoms with Crippen molar-refractivity contribution in [3.8, 4) is 0 Å². The van der Waals surface area contributed by atoms with E-state index in [1.54, 1.807) is 0 Å². The van der Waals surface area contributed by atoms with Crippen LogP contribution in [-0.2, 0) is 14.3 Å². The molecule has 0 saturated carbocycles. The first-order valence-electron chi connectivity index (χ1n) is 8.07. The lowest BCUT2D eigenvalue weighted by Gasteiger charge is -2.34. The highest BCUT2D eigenvalue weighted by Crippen LogP contribution is 2.21. The van der Waals surface area contributed by atoms with Gasteiger partial charge < -0.3 is 14.4 Å². The van der Waals surface area contributed by atoms with Gasteiger partial charge in [-0.25, -0.2) is 0 Å². The third-order valence-electron chi connectivity index (χ3n) is 4.33. The Labute approximate surface area is 131 Å². The molecule has 1 aromatic rings. The van der Waals surface area contributed by atoms with Crippen LogP contribution in [0.25, 0.3) is 0 Å². The predicted octanol–water partition coefficient (Wildman–Crippen LogP) is 1.31. The lowest BCUT2D eigenvalue weighted by atomic mass is 10.1. The number of carbonyl (C=O) groups excluding carboxylic acids is 1. The van der Waals surface area contributed by atoms with Crippen molar-refractivity contribution in [2.75, 3.05) is 52.5 Å². The van der Waals surface area contributed by atoms with Crippen LogP contribution in [0.15, 0.2) is 30.3 Å². The fourth-order valence-electron chi connectivity index (χ4n) is 3.00. The molecule has 2 saturated heterocycles. The second kappa shape index (κ2) is 7.72. The van der Waals surface area contributed by atoms with E-state index < -0.39 is 0 Å². The van der Waals surface area contributed by atoms with Gasteiger partial charge in [0.1, 0.15) is 0 Å². The van der Waals surface area contributed by atoms with Crippen LogP contribution >= 0.6 is 0 Å². The van der Waals surface area contributed by atoms with Gasteiger partial charge in [0.25, 0.3) is 0 Å². The Bertz CT molecular complexity index is 474. The summed E-state index contributed by atoms with van der Waals surface area (Å²) in [5.41, 5.74) is 1.21. The summed E-state index contributed by atoms with van der Waals surface area (Å²) in [6.07, 6.45) is 0.704. The van der Waals surface area contributed by atoms with Gasteiger partial charge in [0.05, 0.1) is 25.9 Å². The Morgan fingerprint density at radius 2 is 1.86 bits per heavy atom. The molecular weight excluding hydrogens is 280 g/mol. The van der Waals surface area contributed by atoms with Gasteiger partial charge in [0.15, 0.2) is 0 Å². The van der Waals surface area contributed by atoms with E-state index in [1.165, 1.54) is 5.56 Å². The molecule has 5 heteroatoms. The average Bonchev–Trinajstić information content (AvgIpc) is 2.61. The molecule has 5 nitrogen and oxygen atoms in total. The Balaban J connectivity index is 1.47. The van der Waals surface area contributed by atoms with E-state index in [1.807, 2.05) is 23.1 Å². The summed E-state index contributed by atoms with van der Waals surface area (Å²) < 4.78 is 11.2. The van der Waals surface area contributed by atoms with Crippen molar-refractivity contribution < 1.29 is 14.3 Å². The van der Waals surface area contributed by atoms with E-state index in [9.17, 15) is 4.79 Å². The smallest absolute Gasteiger partial charge is 0.224 e. The molecule has 1 amide bonds. The summed E-state index contributed by atoms with van der Waals surface area (Å²) in [5, 5.41) is 0. The Hall–Kier alpha value is -1.43. The zero-order valence-electron chi connectivity index (χ0n) is 12.9. The van der Waals surface area contributed by atoms with E-state index >= 15 is 0 Å². The summed E-state index contributed by atoms with van der Waals surface area (Å²) in [6, 6.07) is 10.3. The number of carbonyl (C=O) groups is 1. The van der Waals surface area contributed by atoms with Gasteiger partial charge in [-0.1, -0.05) is 30.3 Å². The second-order valence-electron chi connectivity index (χ2n) is 5.81. The second-order valence-corrected chi connectivity index (χ2v) is 5.81. The van der Waals surface area contributed by atoms with Crippen molar-refractivity contribution in [2.24, 2.45) is 0 Å². The van der Waals surface area contributed by atoms with Crippen LogP contribution in [0, 0.1) is 0 Å². The highest BCUT2D eigenvalue weighted by atomic mass is 16.5. The maximum atomic E-state index is 12.2. The van der Waals surface area contributed by atoms with Crippen LogP contribution in [0.3, 0.4) is 0 Å². The number of amides is 1. The summed E-state index contributed by atoms with van der Waals surface area (Å²) >= 11 is 0. The number of benzene rings is 1. The molecule has 0 spiro atoms. The van der Waals surface area contributed by atoms with Gasteiger partial charge in [-0.2, -0.15) is 0 Å². The molecule has 1 unspecified atom stereocenters. The molecule has 0 N–H and O–H groups in total. The van der Waals surface area contributed by atoms with Crippen molar-refractivity contribution in [3.63, 3.8) is 0 Å². The lowest BCUT2D eigenvalue weighted by molar-refractivity contribution is -0.136. The maximum Gasteiger partial charge on any atom is 0.224 e. The number of morpholine rings is 2. The Kier molecular flexibility index (Phi) is 5.43. The number of nitrogens with zero attached hydrogens (tertiary/aromatic N) is 2. The number of hydrogen-bond acceptors (Lipinski definition) is 4. The zero-order valence-corrected chi connectivity index (χ0v) is 12.9. The van der Waals surface area contributed by atoms with Gasteiger partial charge in [-0.3, -0.25) is 9.69 Å². The molecular formula is C17H24N2O3. The molecule has 1 aromatic carbocycles. The van der Waals surface area contributed by atoms with Crippen LogP contribution in [0.5, 0.6) is 0 Å². The van der Waals surface area contributed by atoms with Crippen LogP contribution in [0.2, 0.25) is 0 Å². The van der Waals surface area contributed by atoms with Crippen molar-refractivity contribution in [2.45, 2.75) is 12.5 Å². The van der Waals surface area contributed by atoms with Crippen molar-refractivity contribution >= 4 is 5.91 Å². The molecule has 0 radical (unpaired) electrons. The van der Waals surface area contributed by atoms with Crippen LogP contribution in [-0.4, -0.2) is 68.3 Å². The van der Waals surface area contributed by atoms with Gasteiger partial charge in [0.2, 0.25) is 5.91 Å². The average molecular weight is 304 g/mol. The summed E-state index contributed by atoms with van der Waals surface area (Å²) in [5.74, 6) is 0.242. The number of hydrogen-bond donors (Lipinski definition) is 0. The normalized spacial score (nSPS) is 23.5. The van der Waals surface area contributed by atoms with Crippen molar-refractivity contribution in [1.82, 2.24) is 9.80 Å². The summed E-state index contributed by atoms with van der Waals surface area (Å²) in [7, 11) is 0. The zero-order chi connectivity index (χ0) is 15.2. The van der Waals surface area contributed by atoms with Crippen molar-refractivity contribution in [3.05, 3.63) is 35.9 Å². The third-order valence-corrected chi connectivity index (χ3v) is 4.33. The minimum absolute atomic E-state index is 0.119. The number of rotatable bonds is 4. The molecule has 3 rings (SSSR count). The van der Waals surface area contributed by atoms with Crippen LogP contribution < -0.4 is 0 Å². The monoisotopic (exact) mass is 304 g/mol. The standard InChI is InChI=1S/C17H24N2O3/c20-17(19-9-11-21-12-10-19)6-7-18-8-13-22-16(14-18)15-4-2-1-3-5-15/h1-5,16H,6-14H2. The van der Waals surface area contributed by atoms with E-state index in [0.717, 1.165) is 39.3 Å². The number of ether oxygens (including phenoxy) is 2. The maximum absolute atomic E-state index is 12.2. The molecule has 120 valence electrons. The fourth-order valence-corrected chi connectivity index (χ4v) is 3.00. The molecule has 0 bridgehead atoms. The first-order chi connectivity index (χ1) is 10.8. The van der Waals surface area contributed by atoms with E-state index in [2.05, 4.69) is 17.0 Å². The molecule has 0 aliphatic carbocycles. The molecule has 0 aromatic heterocycles. The fraction of sp³-hybridized carbons (Fsp3) is 0.588. The summed E-state index contributed by atoms with van der Waals surface area (Å²) in [6.45, 7) is 6.09. The quantitative estimate of drug-likeness (QED) is 0.841. The SMILES string of the molecule is O=C(CCN1CCOC(c2ccccc2)C1)N1CCOCC1. The molecule has 22 heavy (non-hydrogen) atoms. The first kappa shape index (κ1) is 15.5. The predicted molar refractivity (Wildman–Crippen MR) is 83.6 cm³/mol. The molecule has 2 heterocycles. The highest BCUT2D eigenvalue weighted by molar-refractivity contribution is 5.76. The van der Waals surface area contributed by atoms with Gasteiger partial charge in [-0.05, 0) is 5.56 Å². The third kappa shape index (κ3) is 4.06. The summed E-state index contributed by atoms with van der Waals surface area (Å²) in [4.78, 5) is 16.5.